The smallest absolute Gasteiger partial charge is 0.408 e. The predicted octanol–water partition coefficient (Wildman–Crippen LogP) is 3.32. The molecule has 0 aliphatic heterocycles. The van der Waals surface area contributed by atoms with Gasteiger partial charge in [-0.25, -0.2) is 9.18 Å². The summed E-state index contributed by atoms with van der Waals surface area (Å²) in [5.41, 5.74) is 1.63. The standard InChI is InChI=1S/C19H21FN2O3/c1-13(16-8-10-17(20)11-9-16)21-18(23)14(2)22-19(24)25-12-15-6-4-3-5-7-15/h3-11,13-14H,12H2,1-2H3,(H,21,23)(H,22,24)/t13?,14-/m0/s1. The minimum absolute atomic E-state index is 0.132. The van der Waals surface area contributed by atoms with Crippen molar-refractivity contribution in [2.24, 2.45) is 0 Å². The van der Waals surface area contributed by atoms with Gasteiger partial charge in [0.15, 0.2) is 0 Å². The number of ether oxygens (including phenoxy) is 1. The van der Waals surface area contributed by atoms with Gasteiger partial charge >= 0.3 is 6.09 Å². The molecule has 0 heterocycles. The summed E-state index contributed by atoms with van der Waals surface area (Å²) in [4.78, 5) is 23.9. The maximum Gasteiger partial charge on any atom is 0.408 e. The minimum atomic E-state index is -0.758. The highest BCUT2D eigenvalue weighted by Crippen LogP contribution is 2.12. The molecule has 2 aromatic rings. The Labute approximate surface area is 146 Å². The summed E-state index contributed by atoms with van der Waals surface area (Å²) in [5.74, 6) is -0.688. The molecular weight excluding hydrogens is 323 g/mol. The summed E-state index contributed by atoms with van der Waals surface area (Å²) in [5, 5.41) is 5.25. The number of carbonyl (C=O) groups is 2. The third-order valence-electron chi connectivity index (χ3n) is 3.67. The van der Waals surface area contributed by atoms with Gasteiger partial charge in [0.1, 0.15) is 18.5 Å². The van der Waals surface area contributed by atoms with E-state index in [-0.39, 0.29) is 24.4 Å². The number of rotatable bonds is 6. The molecule has 2 rings (SSSR count). The maximum atomic E-state index is 12.9. The fourth-order valence-corrected chi connectivity index (χ4v) is 2.18. The Morgan fingerprint density at radius 1 is 1.00 bits per heavy atom. The molecule has 0 spiro atoms. The molecule has 0 aromatic heterocycles. The summed E-state index contributed by atoms with van der Waals surface area (Å²) in [6.45, 7) is 3.48. The van der Waals surface area contributed by atoms with Gasteiger partial charge in [0, 0.05) is 0 Å². The third kappa shape index (κ3) is 5.91. The molecule has 0 aliphatic carbocycles. The summed E-state index contributed by atoms with van der Waals surface area (Å²) in [6.07, 6.45) is -0.666. The van der Waals surface area contributed by atoms with Crippen LogP contribution < -0.4 is 10.6 Å². The van der Waals surface area contributed by atoms with Gasteiger partial charge in [-0.1, -0.05) is 42.5 Å². The SMILES string of the molecule is CC(NC(=O)[C@H](C)NC(=O)OCc1ccccc1)c1ccc(F)cc1. The quantitative estimate of drug-likeness (QED) is 0.845. The molecule has 2 N–H and O–H groups in total. The highest BCUT2D eigenvalue weighted by Gasteiger charge is 2.18. The first kappa shape index (κ1) is 18.4. The van der Waals surface area contributed by atoms with E-state index in [2.05, 4.69) is 10.6 Å². The van der Waals surface area contributed by atoms with Crippen LogP contribution in [0.1, 0.15) is 31.0 Å². The van der Waals surface area contributed by atoms with E-state index >= 15 is 0 Å². The maximum absolute atomic E-state index is 12.9. The summed E-state index contributed by atoms with van der Waals surface area (Å²) >= 11 is 0. The molecule has 0 radical (unpaired) electrons. The summed E-state index contributed by atoms with van der Waals surface area (Å²) in [6, 6.07) is 14.1. The van der Waals surface area contributed by atoms with Gasteiger partial charge in [0.25, 0.3) is 0 Å². The van der Waals surface area contributed by atoms with Crippen molar-refractivity contribution in [1.82, 2.24) is 10.6 Å². The molecule has 0 fully saturated rings. The van der Waals surface area contributed by atoms with E-state index in [1.165, 1.54) is 12.1 Å². The van der Waals surface area contributed by atoms with Gasteiger partial charge in [-0.2, -0.15) is 0 Å². The second-order valence-corrected chi connectivity index (χ2v) is 5.71. The van der Waals surface area contributed by atoms with Gasteiger partial charge in [0.05, 0.1) is 6.04 Å². The lowest BCUT2D eigenvalue weighted by molar-refractivity contribution is -0.123. The number of alkyl carbamates (subject to hydrolysis) is 1. The van der Waals surface area contributed by atoms with E-state index in [1.54, 1.807) is 26.0 Å². The molecule has 5 nitrogen and oxygen atoms in total. The molecule has 6 heteroatoms. The van der Waals surface area contributed by atoms with Crippen molar-refractivity contribution in [3.8, 4) is 0 Å². The minimum Gasteiger partial charge on any atom is -0.445 e. The average Bonchev–Trinajstić information content (AvgIpc) is 2.61. The van der Waals surface area contributed by atoms with Crippen LogP contribution >= 0.6 is 0 Å². The van der Waals surface area contributed by atoms with Crippen molar-refractivity contribution in [3.63, 3.8) is 0 Å². The fraction of sp³-hybridized carbons (Fsp3) is 0.263. The van der Waals surface area contributed by atoms with Crippen LogP contribution in [0.2, 0.25) is 0 Å². The lowest BCUT2D eigenvalue weighted by atomic mass is 10.1. The number of nitrogens with one attached hydrogen (secondary N) is 2. The van der Waals surface area contributed by atoms with E-state index in [1.807, 2.05) is 30.3 Å². The normalized spacial score (nSPS) is 12.8. The van der Waals surface area contributed by atoms with Crippen LogP contribution in [0.4, 0.5) is 9.18 Å². The Morgan fingerprint density at radius 3 is 2.28 bits per heavy atom. The van der Waals surface area contributed by atoms with Gasteiger partial charge in [0.2, 0.25) is 5.91 Å². The van der Waals surface area contributed by atoms with Crippen LogP contribution in [0.15, 0.2) is 54.6 Å². The Morgan fingerprint density at radius 2 is 1.64 bits per heavy atom. The molecule has 0 saturated carbocycles. The van der Waals surface area contributed by atoms with Crippen LogP contribution in [-0.4, -0.2) is 18.0 Å². The lowest BCUT2D eigenvalue weighted by Crippen LogP contribution is -2.45. The Hall–Kier alpha value is -2.89. The number of hydrogen-bond donors (Lipinski definition) is 2. The van der Waals surface area contributed by atoms with Crippen LogP contribution in [0.3, 0.4) is 0 Å². The van der Waals surface area contributed by atoms with Crippen LogP contribution in [-0.2, 0) is 16.1 Å². The van der Waals surface area contributed by atoms with Crippen LogP contribution in [0, 0.1) is 5.82 Å². The van der Waals surface area contributed by atoms with E-state index in [9.17, 15) is 14.0 Å². The van der Waals surface area contributed by atoms with Gasteiger partial charge < -0.3 is 15.4 Å². The predicted molar refractivity (Wildman–Crippen MR) is 92.2 cm³/mol. The van der Waals surface area contributed by atoms with Crippen molar-refractivity contribution >= 4 is 12.0 Å². The topological polar surface area (TPSA) is 67.4 Å². The average molecular weight is 344 g/mol. The Kier molecular flexibility index (Phi) is 6.51. The largest absolute Gasteiger partial charge is 0.445 e. The lowest BCUT2D eigenvalue weighted by Gasteiger charge is -2.18. The first-order chi connectivity index (χ1) is 12.0. The number of benzene rings is 2. The Balaban J connectivity index is 1.79. The van der Waals surface area contributed by atoms with Crippen LogP contribution in [0.5, 0.6) is 0 Å². The molecule has 132 valence electrons. The molecule has 25 heavy (non-hydrogen) atoms. The zero-order valence-corrected chi connectivity index (χ0v) is 14.2. The molecule has 2 amide bonds. The molecule has 2 atom stereocenters. The monoisotopic (exact) mass is 344 g/mol. The van der Waals surface area contributed by atoms with Crippen molar-refractivity contribution in [3.05, 3.63) is 71.5 Å². The molecule has 0 bridgehead atoms. The summed E-state index contributed by atoms with van der Waals surface area (Å²) in [7, 11) is 0. The van der Waals surface area contributed by atoms with E-state index in [0.717, 1.165) is 11.1 Å². The van der Waals surface area contributed by atoms with Crippen molar-refractivity contribution in [1.29, 1.82) is 0 Å². The third-order valence-corrected chi connectivity index (χ3v) is 3.67. The first-order valence-corrected chi connectivity index (χ1v) is 7.99. The molecular formula is C19H21FN2O3. The van der Waals surface area contributed by atoms with E-state index in [4.69, 9.17) is 4.74 Å². The first-order valence-electron chi connectivity index (χ1n) is 7.99. The zero-order valence-electron chi connectivity index (χ0n) is 14.2. The second-order valence-electron chi connectivity index (χ2n) is 5.71. The highest BCUT2D eigenvalue weighted by atomic mass is 19.1. The van der Waals surface area contributed by atoms with Crippen molar-refractivity contribution < 1.29 is 18.7 Å². The molecule has 0 saturated heterocycles. The van der Waals surface area contributed by atoms with Crippen molar-refractivity contribution in [2.75, 3.05) is 0 Å². The van der Waals surface area contributed by atoms with Crippen molar-refractivity contribution in [2.45, 2.75) is 32.5 Å². The number of halogens is 1. The number of carbonyl (C=O) groups excluding carboxylic acids is 2. The summed E-state index contributed by atoms with van der Waals surface area (Å²) < 4.78 is 18.0. The van der Waals surface area contributed by atoms with E-state index < -0.39 is 12.1 Å². The zero-order chi connectivity index (χ0) is 18.2. The van der Waals surface area contributed by atoms with Gasteiger partial charge in [-0.15, -0.1) is 0 Å². The van der Waals surface area contributed by atoms with E-state index in [0.29, 0.717) is 0 Å². The van der Waals surface area contributed by atoms with Gasteiger partial charge in [-0.3, -0.25) is 4.79 Å². The number of hydrogen-bond acceptors (Lipinski definition) is 3. The highest BCUT2D eigenvalue weighted by molar-refractivity contribution is 5.85. The Bertz CT molecular complexity index is 704. The van der Waals surface area contributed by atoms with Crippen LogP contribution in [0.25, 0.3) is 0 Å². The van der Waals surface area contributed by atoms with Gasteiger partial charge in [-0.05, 0) is 37.1 Å². The number of amides is 2. The fourth-order valence-electron chi connectivity index (χ4n) is 2.18. The molecule has 2 aromatic carbocycles. The molecule has 1 unspecified atom stereocenters. The molecule has 0 aliphatic rings. The second kappa shape index (κ2) is 8.82.